The van der Waals surface area contributed by atoms with Gasteiger partial charge in [0.1, 0.15) is 12.4 Å². The first kappa shape index (κ1) is 20.7. The Morgan fingerprint density at radius 3 is 2.92 bits per heavy atom. The van der Waals surface area contributed by atoms with Gasteiger partial charge in [-0.3, -0.25) is 4.79 Å². The molecule has 0 spiro atoms. The summed E-state index contributed by atoms with van der Waals surface area (Å²) < 4.78 is 11.1. The fourth-order valence-corrected chi connectivity index (χ4v) is 2.72. The third kappa shape index (κ3) is 7.07. The van der Waals surface area contributed by atoms with E-state index in [4.69, 9.17) is 9.47 Å². The van der Waals surface area contributed by atoms with Gasteiger partial charge in [-0.15, -0.1) is 12.4 Å². The molecule has 1 aromatic rings. The highest BCUT2D eigenvalue weighted by molar-refractivity contribution is 5.85. The number of carbonyl (C=O) groups is 1. The molecule has 2 rings (SSSR count). The fraction of sp³-hybridized carbons (Fsp3) is 0.611. The molecule has 1 aliphatic heterocycles. The number of carbonyl (C=O) groups excluding carboxylic acids is 1. The van der Waals surface area contributed by atoms with E-state index >= 15 is 0 Å². The molecule has 1 aliphatic rings. The van der Waals surface area contributed by atoms with Gasteiger partial charge in [-0.05, 0) is 44.9 Å². The van der Waals surface area contributed by atoms with Gasteiger partial charge in [0.05, 0.1) is 6.61 Å². The molecule has 1 saturated heterocycles. The molecular weight excluding hydrogens is 328 g/mol. The van der Waals surface area contributed by atoms with Crippen LogP contribution in [0.3, 0.4) is 0 Å². The Hall–Kier alpha value is -1.30. The van der Waals surface area contributed by atoms with Gasteiger partial charge >= 0.3 is 0 Å². The zero-order chi connectivity index (χ0) is 16.5. The first-order valence-electron chi connectivity index (χ1n) is 8.49. The largest absolute Gasteiger partial charge is 0.491 e. The van der Waals surface area contributed by atoms with Gasteiger partial charge in [0.2, 0.25) is 5.91 Å². The lowest BCUT2D eigenvalue weighted by Gasteiger charge is -2.14. The van der Waals surface area contributed by atoms with Crippen LogP contribution in [0.5, 0.6) is 5.75 Å². The van der Waals surface area contributed by atoms with Crippen molar-refractivity contribution >= 4 is 18.3 Å². The lowest BCUT2D eigenvalue weighted by molar-refractivity contribution is -0.121. The zero-order valence-electron chi connectivity index (χ0n) is 14.6. The van der Waals surface area contributed by atoms with E-state index in [2.05, 4.69) is 10.6 Å². The molecule has 5 nitrogen and oxygen atoms in total. The van der Waals surface area contributed by atoms with Crippen LogP contribution in [-0.2, 0) is 16.1 Å². The molecule has 0 aromatic heterocycles. The minimum absolute atomic E-state index is 0. The number of hydrogen-bond donors (Lipinski definition) is 2. The third-order valence-electron chi connectivity index (χ3n) is 3.98. The molecule has 2 N–H and O–H groups in total. The molecule has 1 unspecified atom stereocenters. The molecule has 0 bridgehead atoms. The number of aryl methyl sites for hydroxylation is 1. The van der Waals surface area contributed by atoms with Crippen molar-refractivity contribution in [3.05, 3.63) is 29.3 Å². The number of nitrogens with one attached hydrogen (secondary N) is 2. The van der Waals surface area contributed by atoms with Gasteiger partial charge < -0.3 is 20.1 Å². The van der Waals surface area contributed by atoms with Crippen LogP contribution in [0.25, 0.3) is 0 Å². The van der Waals surface area contributed by atoms with Crippen molar-refractivity contribution < 1.29 is 14.3 Å². The van der Waals surface area contributed by atoms with Crippen molar-refractivity contribution in [3.8, 4) is 5.75 Å². The highest BCUT2D eigenvalue weighted by Crippen LogP contribution is 2.20. The standard InChI is InChI=1S/C18H28N2O3.ClH/c1-3-22-9-10-23-17-11-14(2)6-7-15(17)13-20-18(21)12-16-5-4-8-19-16;/h6-7,11,16,19H,3-5,8-10,12-13H2,1-2H3,(H,20,21);1H. The Labute approximate surface area is 150 Å². The number of amides is 1. The molecule has 1 heterocycles. The van der Waals surface area contributed by atoms with Crippen LogP contribution in [0.4, 0.5) is 0 Å². The quantitative estimate of drug-likeness (QED) is 0.668. The summed E-state index contributed by atoms with van der Waals surface area (Å²) in [4.78, 5) is 12.0. The summed E-state index contributed by atoms with van der Waals surface area (Å²) in [6.07, 6.45) is 2.80. The van der Waals surface area contributed by atoms with Crippen molar-refractivity contribution in [2.75, 3.05) is 26.4 Å². The van der Waals surface area contributed by atoms with Crippen LogP contribution in [0.15, 0.2) is 18.2 Å². The van der Waals surface area contributed by atoms with Crippen molar-refractivity contribution in [2.24, 2.45) is 0 Å². The van der Waals surface area contributed by atoms with E-state index < -0.39 is 0 Å². The maximum Gasteiger partial charge on any atom is 0.221 e. The number of rotatable bonds is 9. The molecule has 24 heavy (non-hydrogen) atoms. The van der Waals surface area contributed by atoms with Gasteiger partial charge in [0, 0.05) is 31.2 Å². The second-order valence-corrected chi connectivity index (χ2v) is 5.93. The van der Waals surface area contributed by atoms with Crippen LogP contribution in [-0.4, -0.2) is 38.3 Å². The predicted molar refractivity (Wildman–Crippen MR) is 97.9 cm³/mol. The summed E-state index contributed by atoms with van der Waals surface area (Å²) in [7, 11) is 0. The molecule has 136 valence electrons. The molecule has 6 heteroatoms. The van der Waals surface area contributed by atoms with E-state index in [9.17, 15) is 4.79 Å². The van der Waals surface area contributed by atoms with Gasteiger partial charge in [0.15, 0.2) is 0 Å². The van der Waals surface area contributed by atoms with E-state index in [1.54, 1.807) is 0 Å². The Bertz CT molecular complexity index is 505. The van der Waals surface area contributed by atoms with Gasteiger partial charge in [-0.25, -0.2) is 0 Å². The fourth-order valence-electron chi connectivity index (χ4n) is 2.72. The van der Waals surface area contributed by atoms with Crippen LogP contribution < -0.4 is 15.4 Å². The second kappa shape index (κ2) is 11.3. The summed E-state index contributed by atoms with van der Waals surface area (Å²) in [6, 6.07) is 6.39. The SMILES string of the molecule is CCOCCOc1cc(C)ccc1CNC(=O)CC1CCCN1.Cl. The average Bonchev–Trinajstić information content (AvgIpc) is 3.03. The molecule has 1 fully saturated rings. The Morgan fingerprint density at radius 2 is 2.21 bits per heavy atom. The molecular formula is C18H29ClN2O3. The predicted octanol–water partition coefficient (Wildman–Crippen LogP) is 2.59. The monoisotopic (exact) mass is 356 g/mol. The smallest absolute Gasteiger partial charge is 0.221 e. The Kier molecular flexibility index (Phi) is 9.76. The number of hydrogen-bond acceptors (Lipinski definition) is 4. The number of ether oxygens (including phenoxy) is 2. The summed E-state index contributed by atoms with van der Waals surface area (Å²) in [6.45, 7) is 7.29. The summed E-state index contributed by atoms with van der Waals surface area (Å²) in [5.74, 6) is 0.911. The highest BCUT2D eigenvalue weighted by atomic mass is 35.5. The van der Waals surface area contributed by atoms with Crippen molar-refractivity contribution in [1.82, 2.24) is 10.6 Å². The molecule has 0 radical (unpaired) electrons. The maximum absolute atomic E-state index is 12.0. The maximum atomic E-state index is 12.0. The first-order valence-corrected chi connectivity index (χ1v) is 8.49. The van der Waals surface area contributed by atoms with Gasteiger partial charge in [0.25, 0.3) is 0 Å². The van der Waals surface area contributed by atoms with Crippen LogP contribution in [0.2, 0.25) is 0 Å². The first-order chi connectivity index (χ1) is 11.2. The highest BCUT2D eigenvalue weighted by Gasteiger charge is 2.17. The lowest BCUT2D eigenvalue weighted by Crippen LogP contribution is -2.31. The van der Waals surface area contributed by atoms with Crippen molar-refractivity contribution in [2.45, 2.75) is 45.7 Å². The second-order valence-electron chi connectivity index (χ2n) is 5.93. The summed E-state index contributed by atoms with van der Waals surface area (Å²) >= 11 is 0. The minimum atomic E-state index is 0. The molecule has 0 saturated carbocycles. The van der Waals surface area contributed by atoms with E-state index in [1.165, 1.54) is 0 Å². The van der Waals surface area contributed by atoms with E-state index in [1.807, 2.05) is 32.0 Å². The number of benzene rings is 1. The topological polar surface area (TPSA) is 59.6 Å². The van der Waals surface area contributed by atoms with Gasteiger partial charge in [-0.2, -0.15) is 0 Å². The summed E-state index contributed by atoms with van der Waals surface area (Å²) in [5.41, 5.74) is 2.14. The summed E-state index contributed by atoms with van der Waals surface area (Å²) in [5, 5.41) is 6.34. The molecule has 0 aliphatic carbocycles. The van der Waals surface area contributed by atoms with Crippen molar-refractivity contribution in [3.63, 3.8) is 0 Å². The van der Waals surface area contributed by atoms with Crippen LogP contribution >= 0.6 is 12.4 Å². The normalized spacial score (nSPS) is 16.5. The van der Waals surface area contributed by atoms with Crippen molar-refractivity contribution in [1.29, 1.82) is 0 Å². The molecule has 1 aromatic carbocycles. The minimum Gasteiger partial charge on any atom is -0.491 e. The van der Waals surface area contributed by atoms with Crippen LogP contribution in [0, 0.1) is 6.92 Å². The molecule has 1 amide bonds. The molecule has 1 atom stereocenters. The zero-order valence-corrected chi connectivity index (χ0v) is 15.4. The Balaban J connectivity index is 0.00000288. The third-order valence-corrected chi connectivity index (χ3v) is 3.98. The Morgan fingerprint density at radius 1 is 1.38 bits per heavy atom. The van der Waals surface area contributed by atoms with E-state index in [-0.39, 0.29) is 18.3 Å². The van der Waals surface area contributed by atoms with Crippen LogP contribution in [0.1, 0.15) is 37.3 Å². The van der Waals surface area contributed by atoms with E-state index in [0.29, 0.717) is 38.8 Å². The lowest BCUT2D eigenvalue weighted by atomic mass is 10.1. The average molecular weight is 357 g/mol. The van der Waals surface area contributed by atoms with E-state index in [0.717, 1.165) is 36.3 Å². The number of halogens is 1. The van der Waals surface area contributed by atoms with Gasteiger partial charge in [-0.1, -0.05) is 12.1 Å².